The number of carbonyl (C=O) groups is 3. The van der Waals surface area contributed by atoms with E-state index in [-0.39, 0.29) is 24.7 Å². The fourth-order valence-corrected chi connectivity index (χ4v) is 2.23. The monoisotopic (exact) mass is 314 g/mol. The first-order valence-corrected chi connectivity index (χ1v) is 6.78. The molecule has 0 radical (unpaired) electrons. The molecule has 1 atom stereocenters. The maximum Gasteiger partial charge on any atom is 0.249 e. The molecule has 1 aromatic rings. The number of hydrogen-bond donors (Lipinski definition) is 2. The maximum absolute atomic E-state index is 11.9. The largest absolute Gasteiger partial charge is 0.344 e. The molecule has 7 heteroatoms. The smallest absolute Gasteiger partial charge is 0.249 e. The average Bonchev–Trinajstić information content (AvgIpc) is 2.37. The molecule has 1 saturated heterocycles. The van der Waals surface area contributed by atoms with Crippen molar-refractivity contribution < 1.29 is 14.4 Å². The van der Waals surface area contributed by atoms with Crippen molar-refractivity contribution in [2.45, 2.75) is 25.3 Å². The number of hydrogen-bond acceptors (Lipinski definition) is 3. The minimum absolute atomic E-state index is 0.0919. The van der Waals surface area contributed by atoms with E-state index in [1.54, 1.807) is 18.2 Å². The van der Waals surface area contributed by atoms with Crippen LogP contribution in [0, 0.1) is 0 Å². The van der Waals surface area contributed by atoms with Gasteiger partial charge >= 0.3 is 0 Å². The molecule has 1 aromatic carbocycles. The number of rotatable bonds is 3. The number of nitrogens with one attached hydrogen (secondary N) is 2. The zero-order valence-electron chi connectivity index (χ0n) is 10.4. The second-order valence-electron chi connectivity index (χ2n) is 4.50. The van der Waals surface area contributed by atoms with Crippen LogP contribution in [0.15, 0.2) is 18.2 Å². The van der Waals surface area contributed by atoms with Crippen LogP contribution in [0.25, 0.3) is 0 Å². The summed E-state index contributed by atoms with van der Waals surface area (Å²) in [6.45, 7) is 0. The molecule has 0 aliphatic carbocycles. The third-order valence-electron chi connectivity index (χ3n) is 2.92. The van der Waals surface area contributed by atoms with Gasteiger partial charge in [-0.3, -0.25) is 19.7 Å². The van der Waals surface area contributed by atoms with Crippen LogP contribution >= 0.6 is 23.2 Å². The Morgan fingerprint density at radius 2 is 2.05 bits per heavy atom. The Bertz CT molecular complexity index is 575. The second-order valence-corrected chi connectivity index (χ2v) is 5.31. The van der Waals surface area contributed by atoms with Gasteiger partial charge < -0.3 is 5.32 Å². The van der Waals surface area contributed by atoms with Crippen molar-refractivity contribution in [1.82, 2.24) is 10.6 Å². The third-order valence-corrected chi connectivity index (χ3v) is 3.66. The van der Waals surface area contributed by atoms with E-state index in [4.69, 9.17) is 23.2 Å². The summed E-state index contributed by atoms with van der Waals surface area (Å²) in [7, 11) is 0. The van der Waals surface area contributed by atoms with Gasteiger partial charge in [-0.25, -0.2) is 0 Å². The Morgan fingerprint density at radius 1 is 1.30 bits per heavy atom. The molecule has 20 heavy (non-hydrogen) atoms. The summed E-state index contributed by atoms with van der Waals surface area (Å²) < 4.78 is 0. The highest BCUT2D eigenvalue weighted by Gasteiger charge is 2.27. The molecule has 0 spiro atoms. The van der Waals surface area contributed by atoms with Gasteiger partial charge in [-0.15, -0.1) is 0 Å². The van der Waals surface area contributed by atoms with Gasteiger partial charge in [0.25, 0.3) is 0 Å². The molecule has 0 bridgehead atoms. The SMILES string of the molecule is O=C1CC[C@H](NC(=O)Cc2ccc(Cl)c(Cl)c2)C(=O)N1. The second kappa shape index (κ2) is 6.24. The highest BCUT2D eigenvalue weighted by molar-refractivity contribution is 6.42. The summed E-state index contributed by atoms with van der Waals surface area (Å²) in [4.78, 5) is 34.4. The van der Waals surface area contributed by atoms with E-state index in [0.29, 0.717) is 22.0 Å². The van der Waals surface area contributed by atoms with Crippen molar-refractivity contribution >= 4 is 40.9 Å². The molecular formula is C13H12Cl2N2O3. The van der Waals surface area contributed by atoms with Crippen molar-refractivity contribution in [3.05, 3.63) is 33.8 Å². The lowest BCUT2D eigenvalue weighted by atomic mass is 10.1. The van der Waals surface area contributed by atoms with E-state index < -0.39 is 11.9 Å². The highest BCUT2D eigenvalue weighted by Crippen LogP contribution is 2.22. The molecule has 2 N–H and O–H groups in total. The lowest BCUT2D eigenvalue weighted by molar-refractivity contribution is -0.137. The van der Waals surface area contributed by atoms with Crippen molar-refractivity contribution in [3.63, 3.8) is 0 Å². The molecule has 0 unspecified atom stereocenters. The van der Waals surface area contributed by atoms with Gasteiger partial charge in [-0.1, -0.05) is 29.3 Å². The predicted molar refractivity (Wildman–Crippen MR) is 74.5 cm³/mol. The van der Waals surface area contributed by atoms with Crippen LogP contribution in [0.1, 0.15) is 18.4 Å². The summed E-state index contributed by atoms with van der Waals surface area (Å²) in [6, 6.07) is 4.24. The van der Waals surface area contributed by atoms with Crippen molar-refractivity contribution in [2.24, 2.45) is 0 Å². The van der Waals surface area contributed by atoms with Crippen molar-refractivity contribution in [1.29, 1.82) is 0 Å². The minimum atomic E-state index is -0.664. The number of imide groups is 1. The van der Waals surface area contributed by atoms with Crippen LogP contribution in [-0.4, -0.2) is 23.8 Å². The standard InChI is InChI=1S/C13H12Cl2N2O3/c14-8-2-1-7(5-9(8)15)6-12(19)16-10-3-4-11(18)17-13(10)20/h1-2,5,10H,3-4,6H2,(H,16,19)(H,17,18,20)/t10-/m0/s1. The number of halogens is 2. The lowest BCUT2D eigenvalue weighted by Crippen LogP contribution is -2.52. The van der Waals surface area contributed by atoms with Gasteiger partial charge in [0.15, 0.2) is 0 Å². The zero-order valence-corrected chi connectivity index (χ0v) is 11.9. The Hall–Kier alpha value is -1.59. The highest BCUT2D eigenvalue weighted by atomic mass is 35.5. The fraction of sp³-hybridized carbons (Fsp3) is 0.308. The van der Waals surface area contributed by atoms with Crippen LogP contribution in [0.4, 0.5) is 0 Å². The Balaban J connectivity index is 1.93. The number of piperidine rings is 1. The average molecular weight is 315 g/mol. The molecule has 3 amide bonds. The van der Waals surface area contributed by atoms with Crippen LogP contribution in [-0.2, 0) is 20.8 Å². The Morgan fingerprint density at radius 3 is 2.70 bits per heavy atom. The van der Waals surface area contributed by atoms with Crippen LogP contribution in [0.2, 0.25) is 10.0 Å². The van der Waals surface area contributed by atoms with Crippen LogP contribution in [0.5, 0.6) is 0 Å². The normalized spacial score (nSPS) is 18.6. The first kappa shape index (κ1) is 14.8. The van der Waals surface area contributed by atoms with E-state index in [2.05, 4.69) is 10.6 Å². The minimum Gasteiger partial charge on any atom is -0.344 e. The zero-order chi connectivity index (χ0) is 14.7. The van der Waals surface area contributed by atoms with Gasteiger partial charge in [-0.2, -0.15) is 0 Å². The summed E-state index contributed by atoms with van der Waals surface area (Å²) >= 11 is 11.7. The van der Waals surface area contributed by atoms with E-state index in [1.807, 2.05) is 0 Å². The number of benzene rings is 1. The van der Waals surface area contributed by atoms with Gasteiger partial charge in [0.05, 0.1) is 16.5 Å². The molecule has 1 heterocycles. The molecular weight excluding hydrogens is 303 g/mol. The third kappa shape index (κ3) is 3.71. The van der Waals surface area contributed by atoms with Crippen LogP contribution < -0.4 is 10.6 Å². The summed E-state index contributed by atoms with van der Waals surface area (Å²) in [5, 5.41) is 5.57. The molecule has 2 rings (SSSR count). The van der Waals surface area contributed by atoms with Crippen LogP contribution in [0.3, 0.4) is 0 Å². The number of carbonyl (C=O) groups excluding carboxylic acids is 3. The van der Waals surface area contributed by atoms with E-state index in [0.717, 1.165) is 0 Å². The predicted octanol–water partition coefficient (Wildman–Crippen LogP) is 1.46. The van der Waals surface area contributed by atoms with E-state index in [1.165, 1.54) is 0 Å². The Kier molecular flexibility index (Phi) is 4.62. The van der Waals surface area contributed by atoms with E-state index in [9.17, 15) is 14.4 Å². The van der Waals surface area contributed by atoms with Gasteiger partial charge in [0, 0.05) is 6.42 Å². The first-order valence-electron chi connectivity index (χ1n) is 6.02. The summed E-state index contributed by atoms with van der Waals surface area (Å²) in [6.07, 6.45) is 0.635. The topological polar surface area (TPSA) is 75.3 Å². The first-order chi connectivity index (χ1) is 9.45. The van der Waals surface area contributed by atoms with Gasteiger partial charge in [-0.05, 0) is 24.1 Å². The molecule has 106 valence electrons. The van der Waals surface area contributed by atoms with Gasteiger partial charge in [0.2, 0.25) is 17.7 Å². The Labute approximate surface area is 125 Å². The molecule has 0 saturated carbocycles. The van der Waals surface area contributed by atoms with E-state index >= 15 is 0 Å². The van der Waals surface area contributed by atoms with Crippen molar-refractivity contribution in [2.75, 3.05) is 0 Å². The van der Waals surface area contributed by atoms with Crippen molar-refractivity contribution in [3.8, 4) is 0 Å². The molecule has 0 aromatic heterocycles. The molecule has 1 fully saturated rings. The number of amides is 3. The summed E-state index contributed by atoms with van der Waals surface area (Å²) in [5.41, 5.74) is 0.698. The summed E-state index contributed by atoms with van der Waals surface area (Å²) in [5.74, 6) is -1.09. The fourth-order valence-electron chi connectivity index (χ4n) is 1.91. The lowest BCUT2D eigenvalue weighted by Gasteiger charge is -2.21. The van der Waals surface area contributed by atoms with Gasteiger partial charge in [0.1, 0.15) is 6.04 Å². The molecule has 5 nitrogen and oxygen atoms in total. The molecule has 1 aliphatic heterocycles. The maximum atomic E-state index is 11.9. The quantitative estimate of drug-likeness (QED) is 0.829. The molecule has 1 aliphatic rings.